The molecule has 116 valence electrons. The van der Waals surface area contributed by atoms with E-state index in [1.54, 1.807) is 24.3 Å². The molecule has 0 aliphatic carbocycles. The van der Waals surface area contributed by atoms with Gasteiger partial charge in [0.15, 0.2) is 11.6 Å². The van der Waals surface area contributed by atoms with Crippen LogP contribution in [0.15, 0.2) is 60.8 Å². The lowest BCUT2D eigenvalue weighted by Crippen LogP contribution is -1.95. The van der Waals surface area contributed by atoms with Crippen LogP contribution in [0.5, 0.6) is 0 Å². The van der Waals surface area contributed by atoms with Crippen LogP contribution >= 0.6 is 0 Å². The summed E-state index contributed by atoms with van der Waals surface area (Å²) in [6, 6.07) is 14.7. The predicted molar refractivity (Wildman–Crippen MR) is 85.2 cm³/mol. The third-order valence-electron chi connectivity index (χ3n) is 3.43. The number of halogens is 2. The summed E-state index contributed by atoms with van der Waals surface area (Å²) in [6.07, 6.45) is 1.49. The Morgan fingerprint density at radius 2 is 1.74 bits per heavy atom. The summed E-state index contributed by atoms with van der Waals surface area (Å²) in [5.41, 5.74) is 2.32. The van der Waals surface area contributed by atoms with Gasteiger partial charge in [-0.15, -0.1) is 0 Å². The number of nitrogens with zero attached hydrogens (tertiary/aromatic N) is 1. The van der Waals surface area contributed by atoms with Gasteiger partial charge in [0.1, 0.15) is 5.82 Å². The lowest BCUT2D eigenvalue weighted by Gasteiger charge is -2.08. The van der Waals surface area contributed by atoms with E-state index in [1.165, 1.54) is 18.3 Å². The number of nitrogens with one attached hydrogen (secondary N) is 1. The Balaban J connectivity index is 1.80. The van der Waals surface area contributed by atoms with E-state index in [0.29, 0.717) is 11.4 Å². The summed E-state index contributed by atoms with van der Waals surface area (Å²) in [5, 5.41) is 12.1. The molecule has 0 bridgehead atoms. The maximum atomic E-state index is 13.8. The molecule has 1 heterocycles. The van der Waals surface area contributed by atoms with Crippen molar-refractivity contribution in [3.63, 3.8) is 0 Å². The number of rotatable bonds is 4. The van der Waals surface area contributed by atoms with E-state index in [2.05, 4.69) is 10.3 Å². The first kappa shape index (κ1) is 15.1. The molecule has 3 rings (SSSR count). The average Bonchev–Trinajstić information content (AvgIpc) is 2.59. The number of aliphatic hydroxyl groups excluding tert-OH is 1. The number of hydrogen-bond acceptors (Lipinski definition) is 3. The molecule has 23 heavy (non-hydrogen) atoms. The standard InChI is InChI=1S/C18H14F2N2O/c19-16-3-1-2-15(18(16)20)13-6-9-17(21-10-13)22-14-7-4-12(11-23)5-8-14/h1-10,23H,11H2,(H,21,22). The Hall–Kier alpha value is -2.79. The zero-order valence-corrected chi connectivity index (χ0v) is 12.1. The van der Waals surface area contributed by atoms with Crippen molar-refractivity contribution in [3.8, 4) is 11.1 Å². The molecule has 5 heteroatoms. The monoisotopic (exact) mass is 312 g/mol. The van der Waals surface area contributed by atoms with E-state index >= 15 is 0 Å². The predicted octanol–water partition coefficient (Wildman–Crippen LogP) is 4.26. The summed E-state index contributed by atoms with van der Waals surface area (Å²) in [7, 11) is 0. The number of benzene rings is 2. The molecule has 0 aliphatic rings. The second-order valence-electron chi connectivity index (χ2n) is 5.01. The molecule has 2 N–H and O–H groups in total. The number of aliphatic hydroxyl groups is 1. The molecule has 0 amide bonds. The quantitative estimate of drug-likeness (QED) is 0.756. The van der Waals surface area contributed by atoms with E-state index in [4.69, 9.17) is 5.11 Å². The highest BCUT2D eigenvalue weighted by Crippen LogP contribution is 2.25. The van der Waals surface area contributed by atoms with Gasteiger partial charge in [-0.25, -0.2) is 13.8 Å². The molecule has 3 aromatic rings. The van der Waals surface area contributed by atoms with Crippen LogP contribution in [-0.2, 0) is 6.61 Å². The second-order valence-corrected chi connectivity index (χ2v) is 5.01. The van der Waals surface area contributed by atoms with Crippen molar-refractivity contribution in [1.29, 1.82) is 0 Å². The summed E-state index contributed by atoms with van der Waals surface area (Å²) in [5.74, 6) is -1.18. The van der Waals surface area contributed by atoms with Gasteiger partial charge < -0.3 is 10.4 Å². The topological polar surface area (TPSA) is 45.1 Å². The number of anilines is 2. The molecule has 0 unspecified atom stereocenters. The Morgan fingerprint density at radius 1 is 0.957 bits per heavy atom. The molecule has 0 aliphatic heterocycles. The molecule has 0 spiro atoms. The average molecular weight is 312 g/mol. The zero-order valence-electron chi connectivity index (χ0n) is 12.1. The Labute approximate surface area is 132 Å². The first-order valence-corrected chi connectivity index (χ1v) is 7.04. The third kappa shape index (κ3) is 3.35. The Kier molecular flexibility index (Phi) is 4.30. The second kappa shape index (κ2) is 6.54. The molecule has 2 aromatic carbocycles. The zero-order chi connectivity index (χ0) is 16.2. The van der Waals surface area contributed by atoms with Gasteiger partial charge in [0.25, 0.3) is 0 Å². The van der Waals surface area contributed by atoms with Crippen molar-refractivity contribution in [3.05, 3.63) is 78.0 Å². The molecular formula is C18H14F2N2O. The SMILES string of the molecule is OCc1ccc(Nc2ccc(-c3cccc(F)c3F)cn2)cc1. The van der Waals surface area contributed by atoms with Gasteiger partial charge >= 0.3 is 0 Å². The van der Waals surface area contributed by atoms with Gasteiger partial charge in [-0.05, 0) is 35.9 Å². The highest BCUT2D eigenvalue weighted by Gasteiger charge is 2.09. The van der Waals surface area contributed by atoms with Crippen molar-refractivity contribution in [2.75, 3.05) is 5.32 Å². The van der Waals surface area contributed by atoms with Crippen LogP contribution in [0.25, 0.3) is 11.1 Å². The van der Waals surface area contributed by atoms with Crippen molar-refractivity contribution >= 4 is 11.5 Å². The van der Waals surface area contributed by atoms with Crippen molar-refractivity contribution in [2.45, 2.75) is 6.61 Å². The Bertz CT molecular complexity index is 802. The van der Waals surface area contributed by atoms with Crippen LogP contribution in [0, 0.1) is 11.6 Å². The third-order valence-corrected chi connectivity index (χ3v) is 3.43. The highest BCUT2D eigenvalue weighted by atomic mass is 19.2. The van der Waals surface area contributed by atoms with Gasteiger partial charge in [0, 0.05) is 23.0 Å². The van der Waals surface area contributed by atoms with E-state index < -0.39 is 11.6 Å². The summed E-state index contributed by atoms with van der Waals surface area (Å²) >= 11 is 0. The van der Waals surface area contributed by atoms with E-state index in [9.17, 15) is 8.78 Å². The number of pyridine rings is 1. The highest BCUT2D eigenvalue weighted by molar-refractivity contribution is 5.66. The fourth-order valence-corrected chi connectivity index (χ4v) is 2.20. The van der Waals surface area contributed by atoms with Crippen LogP contribution in [-0.4, -0.2) is 10.1 Å². The molecule has 1 aromatic heterocycles. The van der Waals surface area contributed by atoms with Crippen LogP contribution in [0.3, 0.4) is 0 Å². The largest absolute Gasteiger partial charge is 0.392 e. The summed E-state index contributed by atoms with van der Waals surface area (Å²) in [6.45, 7) is -0.00751. The minimum atomic E-state index is -0.881. The number of aromatic nitrogens is 1. The first-order chi connectivity index (χ1) is 11.2. The summed E-state index contributed by atoms with van der Waals surface area (Å²) < 4.78 is 27.0. The van der Waals surface area contributed by atoms with Gasteiger partial charge in [-0.1, -0.05) is 24.3 Å². The Morgan fingerprint density at radius 3 is 2.39 bits per heavy atom. The van der Waals surface area contributed by atoms with Gasteiger partial charge in [-0.2, -0.15) is 0 Å². The molecule has 0 atom stereocenters. The lowest BCUT2D eigenvalue weighted by atomic mass is 10.1. The smallest absolute Gasteiger partial charge is 0.166 e. The van der Waals surface area contributed by atoms with E-state index in [1.807, 2.05) is 12.1 Å². The van der Waals surface area contributed by atoms with Gasteiger partial charge in [-0.3, -0.25) is 0 Å². The van der Waals surface area contributed by atoms with Crippen LogP contribution in [0.1, 0.15) is 5.56 Å². The lowest BCUT2D eigenvalue weighted by molar-refractivity contribution is 0.282. The molecule has 0 radical (unpaired) electrons. The van der Waals surface area contributed by atoms with Crippen molar-refractivity contribution in [2.24, 2.45) is 0 Å². The molecular weight excluding hydrogens is 298 g/mol. The maximum absolute atomic E-state index is 13.8. The minimum Gasteiger partial charge on any atom is -0.392 e. The van der Waals surface area contributed by atoms with Gasteiger partial charge in [0.2, 0.25) is 0 Å². The molecule has 3 nitrogen and oxygen atoms in total. The number of hydrogen-bond donors (Lipinski definition) is 2. The molecule has 0 saturated heterocycles. The van der Waals surface area contributed by atoms with Crippen LogP contribution < -0.4 is 5.32 Å². The fraction of sp³-hybridized carbons (Fsp3) is 0.0556. The molecule has 0 fully saturated rings. The fourth-order valence-electron chi connectivity index (χ4n) is 2.20. The van der Waals surface area contributed by atoms with Gasteiger partial charge in [0.05, 0.1) is 6.61 Å². The van der Waals surface area contributed by atoms with E-state index in [0.717, 1.165) is 17.3 Å². The van der Waals surface area contributed by atoms with Crippen LogP contribution in [0.2, 0.25) is 0 Å². The van der Waals surface area contributed by atoms with E-state index in [-0.39, 0.29) is 12.2 Å². The van der Waals surface area contributed by atoms with Crippen LogP contribution in [0.4, 0.5) is 20.3 Å². The van der Waals surface area contributed by atoms with Crippen molar-refractivity contribution < 1.29 is 13.9 Å². The maximum Gasteiger partial charge on any atom is 0.166 e. The first-order valence-electron chi connectivity index (χ1n) is 7.04. The normalized spacial score (nSPS) is 10.6. The minimum absolute atomic E-state index is 0.00751. The summed E-state index contributed by atoms with van der Waals surface area (Å²) in [4.78, 5) is 4.21. The molecule has 0 saturated carbocycles. The van der Waals surface area contributed by atoms with Crippen molar-refractivity contribution in [1.82, 2.24) is 4.98 Å².